The van der Waals surface area contributed by atoms with Crippen LogP contribution in [-0.4, -0.2) is 6.54 Å². The standard InChI is InChI=1S/C11H13F2N/c1-8(2)5-6-14-9-3-4-10(12)11(13)7-9/h3-5,7,14H,6H2,1-2H3. The molecule has 1 nitrogen and oxygen atoms in total. The monoisotopic (exact) mass is 197 g/mol. The predicted octanol–water partition coefficient (Wildman–Crippen LogP) is 3.34. The molecule has 3 heteroatoms. The molecule has 0 saturated carbocycles. The first kappa shape index (κ1) is 10.7. The summed E-state index contributed by atoms with van der Waals surface area (Å²) in [5, 5.41) is 2.96. The van der Waals surface area contributed by atoms with Gasteiger partial charge in [-0.3, -0.25) is 0 Å². The van der Waals surface area contributed by atoms with Crippen LogP contribution in [0.15, 0.2) is 29.8 Å². The van der Waals surface area contributed by atoms with Crippen LogP contribution in [0.4, 0.5) is 14.5 Å². The molecule has 0 aliphatic rings. The van der Waals surface area contributed by atoms with Crippen molar-refractivity contribution in [2.45, 2.75) is 13.8 Å². The van der Waals surface area contributed by atoms with Crippen LogP contribution in [0.1, 0.15) is 13.8 Å². The van der Waals surface area contributed by atoms with Crippen LogP contribution >= 0.6 is 0 Å². The van der Waals surface area contributed by atoms with Crippen molar-refractivity contribution >= 4 is 5.69 Å². The van der Waals surface area contributed by atoms with Gasteiger partial charge in [-0.25, -0.2) is 8.78 Å². The van der Waals surface area contributed by atoms with Gasteiger partial charge in [-0.05, 0) is 26.0 Å². The summed E-state index contributed by atoms with van der Waals surface area (Å²) in [6.07, 6.45) is 1.97. The average Bonchev–Trinajstić information content (AvgIpc) is 2.10. The predicted molar refractivity (Wildman–Crippen MR) is 54.3 cm³/mol. The lowest BCUT2D eigenvalue weighted by Gasteiger charge is -2.03. The number of anilines is 1. The Kier molecular flexibility index (Phi) is 3.63. The molecule has 14 heavy (non-hydrogen) atoms. The third-order valence-corrected chi connectivity index (χ3v) is 1.74. The van der Waals surface area contributed by atoms with Gasteiger partial charge in [-0.2, -0.15) is 0 Å². The Morgan fingerprint density at radius 3 is 2.57 bits per heavy atom. The minimum Gasteiger partial charge on any atom is -0.381 e. The van der Waals surface area contributed by atoms with Crippen molar-refractivity contribution in [3.8, 4) is 0 Å². The number of allylic oxidation sites excluding steroid dienone is 1. The van der Waals surface area contributed by atoms with Crippen molar-refractivity contribution < 1.29 is 8.78 Å². The Hall–Kier alpha value is -1.38. The number of hydrogen-bond acceptors (Lipinski definition) is 1. The summed E-state index contributed by atoms with van der Waals surface area (Å²) in [7, 11) is 0. The van der Waals surface area contributed by atoms with Crippen molar-refractivity contribution in [2.75, 3.05) is 11.9 Å². The minimum atomic E-state index is -0.827. The van der Waals surface area contributed by atoms with E-state index >= 15 is 0 Å². The second-order valence-corrected chi connectivity index (χ2v) is 3.29. The Morgan fingerprint density at radius 2 is 2.00 bits per heavy atom. The molecule has 0 atom stereocenters. The average molecular weight is 197 g/mol. The second-order valence-electron chi connectivity index (χ2n) is 3.29. The van der Waals surface area contributed by atoms with Crippen LogP contribution in [0.25, 0.3) is 0 Å². The molecule has 0 heterocycles. The van der Waals surface area contributed by atoms with Gasteiger partial charge in [0.15, 0.2) is 11.6 Å². The smallest absolute Gasteiger partial charge is 0.160 e. The highest BCUT2D eigenvalue weighted by atomic mass is 19.2. The van der Waals surface area contributed by atoms with Crippen molar-refractivity contribution in [3.63, 3.8) is 0 Å². The molecule has 0 bridgehead atoms. The first-order chi connectivity index (χ1) is 6.59. The summed E-state index contributed by atoms with van der Waals surface area (Å²) >= 11 is 0. The maximum absolute atomic E-state index is 12.7. The molecule has 76 valence electrons. The molecule has 0 radical (unpaired) electrons. The Morgan fingerprint density at radius 1 is 1.29 bits per heavy atom. The van der Waals surface area contributed by atoms with Gasteiger partial charge in [-0.1, -0.05) is 11.6 Å². The fourth-order valence-corrected chi connectivity index (χ4v) is 0.979. The lowest BCUT2D eigenvalue weighted by Crippen LogP contribution is -1.99. The van der Waals surface area contributed by atoms with Gasteiger partial charge >= 0.3 is 0 Å². The van der Waals surface area contributed by atoms with Crippen molar-refractivity contribution in [3.05, 3.63) is 41.5 Å². The fraction of sp³-hybridized carbons (Fsp3) is 0.273. The zero-order valence-electron chi connectivity index (χ0n) is 8.27. The molecule has 0 aromatic heterocycles. The van der Waals surface area contributed by atoms with Gasteiger partial charge in [-0.15, -0.1) is 0 Å². The molecule has 1 aromatic rings. The van der Waals surface area contributed by atoms with Crippen molar-refractivity contribution in [2.24, 2.45) is 0 Å². The van der Waals surface area contributed by atoms with E-state index in [0.29, 0.717) is 12.2 Å². The highest BCUT2D eigenvalue weighted by molar-refractivity contribution is 5.44. The summed E-state index contributed by atoms with van der Waals surface area (Å²) in [5.74, 6) is -1.65. The number of hydrogen-bond donors (Lipinski definition) is 1. The number of benzene rings is 1. The Labute approximate surface area is 82.4 Å². The SMILES string of the molecule is CC(C)=CCNc1ccc(F)c(F)c1. The quantitative estimate of drug-likeness (QED) is 0.733. The van der Waals surface area contributed by atoms with E-state index in [1.807, 2.05) is 19.9 Å². The van der Waals surface area contributed by atoms with Crippen LogP contribution in [-0.2, 0) is 0 Å². The van der Waals surface area contributed by atoms with Crippen LogP contribution in [0.2, 0.25) is 0 Å². The number of rotatable bonds is 3. The maximum atomic E-state index is 12.7. The topological polar surface area (TPSA) is 12.0 Å². The molecule has 0 fully saturated rings. The van der Waals surface area contributed by atoms with E-state index < -0.39 is 11.6 Å². The molecule has 0 aliphatic heterocycles. The lowest BCUT2D eigenvalue weighted by molar-refractivity contribution is 0.509. The van der Waals surface area contributed by atoms with Gasteiger partial charge in [0, 0.05) is 18.3 Å². The first-order valence-corrected chi connectivity index (χ1v) is 4.42. The fourth-order valence-electron chi connectivity index (χ4n) is 0.979. The maximum Gasteiger partial charge on any atom is 0.160 e. The van der Waals surface area contributed by atoms with Crippen LogP contribution in [0.3, 0.4) is 0 Å². The van der Waals surface area contributed by atoms with E-state index in [4.69, 9.17) is 0 Å². The van der Waals surface area contributed by atoms with E-state index in [0.717, 1.165) is 12.1 Å². The van der Waals surface area contributed by atoms with Crippen molar-refractivity contribution in [1.82, 2.24) is 0 Å². The van der Waals surface area contributed by atoms with E-state index in [-0.39, 0.29) is 0 Å². The Balaban J connectivity index is 2.60. The second kappa shape index (κ2) is 4.74. The number of halogens is 2. The van der Waals surface area contributed by atoms with Gasteiger partial charge in [0.1, 0.15) is 0 Å². The van der Waals surface area contributed by atoms with Crippen LogP contribution in [0.5, 0.6) is 0 Å². The van der Waals surface area contributed by atoms with Crippen LogP contribution in [0, 0.1) is 11.6 Å². The van der Waals surface area contributed by atoms with Gasteiger partial charge in [0.05, 0.1) is 0 Å². The molecule has 0 spiro atoms. The van der Waals surface area contributed by atoms with Gasteiger partial charge < -0.3 is 5.32 Å². The molecule has 0 amide bonds. The summed E-state index contributed by atoms with van der Waals surface area (Å²) in [6.45, 7) is 4.58. The zero-order chi connectivity index (χ0) is 10.6. The molecule has 1 N–H and O–H groups in total. The summed E-state index contributed by atoms with van der Waals surface area (Å²) in [4.78, 5) is 0. The summed E-state index contributed by atoms with van der Waals surface area (Å²) in [6, 6.07) is 3.77. The molecule has 0 saturated heterocycles. The molecule has 1 rings (SSSR count). The molecule has 0 aliphatic carbocycles. The van der Waals surface area contributed by atoms with Crippen LogP contribution < -0.4 is 5.32 Å². The highest BCUT2D eigenvalue weighted by Gasteiger charge is 2.00. The third-order valence-electron chi connectivity index (χ3n) is 1.74. The molecular weight excluding hydrogens is 184 g/mol. The number of nitrogens with one attached hydrogen (secondary N) is 1. The van der Waals surface area contributed by atoms with Gasteiger partial charge in [0.2, 0.25) is 0 Å². The normalized spacial score (nSPS) is 9.71. The van der Waals surface area contributed by atoms with Gasteiger partial charge in [0.25, 0.3) is 0 Å². The molecule has 0 unspecified atom stereocenters. The minimum absolute atomic E-state index is 0.585. The molecule has 1 aromatic carbocycles. The zero-order valence-corrected chi connectivity index (χ0v) is 8.27. The lowest BCUT2D eigenvalue weighted by atomic mass is 10.3. The largest absolute Gasteiger partial charge is 0.381 e. The molecular formula is C11H13F2N. The van der Waals surface area contributed by atoms with E-state index in [9.17, 15) is 8.78 Å². The van der Waals surface area contributed by atoms with Crippen molar-refractivity contribution in [1.29, 1.82) is 0 Å². The Bertz CT molecular complexity index is 341. The summed E-state index contributed by atoms with van der Waals surface area (Å²) in [5.41, 5.74) is 1.77. The summed E-state index contributed by atoms with van der Waals surface area (Å²) < 4.78 is 25.3. The first-order valence-electron chi connectivity index (χ1n) is 4.42. The van der Waals surface area contributed by atoms with E-state index in [1.165, 1.54) is 11.6 Å². The third kappa shape index (κ3) is 3.17. The van der Waals surface area contributed by atoms with E-state index in [2.05, 4.69) is 5.32 Å². The highest BCUT2D eigenvalue weighted by Crippen LogP contribution is 2.12. The van der Waals surface area contributed by atoms with E-state index in [1.54, 1.807) is 0 Å².